The number of aryl methyl sites for hydroxylation is 1. The van der Waals surface area contributed by atoms with Crippen LogP contribution in [0.15, 0.2) is 18.2 Å². The van der Waals surface area contributed by atoms with E-state index in [4.69, 9.17) is 0 Å². The van der Waals surface area contributed by atoms with Gasteiger partial charge >= 0.3 is 6.03 Å². The summed E-state index contributed by atoms with van der Waals surface area (Å²) in [6, 6.07) is 5.18. The van der Waals surface area contributed by atoms with Crippen molar-refractivity contribution in [1.82, 2.24) is 5.32 Å². The first kappa shape index (κ1) is 10.7. The maximum absolute atomic E-state index is 11.6. The Kier molecular flexibility index (Phi) is 2.90. The SMILES string of the molecule is CNC(=O)Nc1ccc2c(c1)CCCC2=O. The van der Waals surface area contributed by atoms with E-state index in [1.807, 2.05) is 6.07 Å². The largest absolute Gasteiger partial charge is 0.341 e. The van der Waals surface area contributed by atoms with Gasteiger partial charge < -0.3 is 10.6 Å². The lowest BCUT2D eigenvalue weighted by Gasteiger charge is -2.15. The molecule has 2 rings (SSSR count). The van der Waals surface area contributed by atoms with Crippen molar-refractivity contribution in [1.29, 1.82) is 0 Å². The lowest BCUT2D eigenvalue weighted by Crippen LogP contribution is -2.24. The monoisotopic (exact) mass is 218 g/mol. The molecule has 0 saturated heterocycles. The quantitative estimate of drug-likeness (QED) is 0.757. The second-order valence-electron chi connectivity index (χ2n) is 3.85. The van der Waals surface area contributed by atoms with Gasteiger partial charge in [0.25, 0.3) is 0 Å². The molecule has 1 aliphatic rings. The van der Waals surface area contributed by atoms with Gasteiger partial charge in [0.1, 0.15) is 0 Å². The average molecular weight is 218 g/mol. The first-order valence-corrected chi connectivity index (χ1v) is 5.35. The summed E-state index contributed by atoms with van der Waals surface area (Å²) in [7, 11) is 1.57. The summed E-state index contributed by atoms with van der Waals surface area (Å²) >= 11 is 0. The zero-order chi connectivity index (χ0) is 11.5. The first-order valence-electron chi connectivity index (χ1n) is 5.35. The van der Waals surface area contributed by atoms with Crippen LogP contribution in [0.3, 0.4) is 0 Å². The fourth-order valence-electron chi connectivity index (χ4n) is 1.92. The maximum Gasteiger partial charge on any atom is 0.318 e. The Morgan fingerprint density at radius 3 is 2.88 bits per heavy atom. The maximum atomic E-state index is 11.6. The molecule has 0 radical (unpaired) electrons. The highest BCUT2D eigenvalue weighted by Crippen LogP contribution is 2.24. The molecule has 4 nitrogen and oxygen atoms in total. The van der Waals surface area contributed by atoms with E-state index in [1.165, 1.54) is 0 Å². The van der Waals surface area contributed by atoms with Gasteiger partial charge in [-0.3, -0.25) is 4.79 Å². The molecule has 2 amide bonds. The highest BCUT2D eigenvalue weighted by atomic mass is 16.2. The number of amides is 2. The van der Waals surface area contributed by atoms with Gasteiger partial charge in [0.2, 0.25) is 0 Å². The molecule has 4 heteroatoms. The Morgan fingerprint density at radius 2 is 2.12 bits per heavy atom. The van der Waals surface area contributed by atoms with Crippen molar-refractivity contribution in [3.63, 3.8) is 0 Å². The molecule has 0 saturated carbocycles. The molecule has 0 atom stereocenters. The van der Waals surface area contributed by atoms with Gasteiger partial charge in [-0.05, 0) is 36.6 Å². The Labute approximate surface area is 94.0 Å². The van der Waals surface area contributed by atoms with Crippen LogP contribution in [-0.4, -0.2) is 18.9 Å². The van der Waals surface area contributed by atoms with Gasteiger partial charge in [0, 0.05) is 24.7 Å². The van der Waals surface area contributed by atoms with Crippen molar-refractivity contribution in [3.05, 3.63) is 29.3 Å². The Balaban J connectivity index is 2.25. The molecule has 0 aromatic heterocycles. The molecule has 84 valence electrons. The van der Waals surface area contributed by atoms with Crippen LogP contribution in [0.2, 0.25) is 0 Å². The number of carbonyl (C=O) groups excluding carboxylic acids is 2. The third-order valence-electron chi connectivity index (χ3n) is 2.74. The predicted molar refractivity (Wildman–Crippen MR) is 61.8 cm³/mol. The minimum Gasteiger partial charge on any atom is -0.341 e. The Hall–Kier alpha value is -1.84. The number of fused-ring (bicyclic) bond motifs is 1. The number of urea groups is 1. The zero-order valence-corrected chi connectivity index (χ0v) is 9.17. The Morgan fingerprint density at radius 1 is 1.31 bits per heavy atom. The molecule has 0 fully saturated rings. The molecule has 2 N–H and O–H groups in total. The van der Waals surface area contributed by atoms with Crippen molar-refractivity contribution in [2.24, 2.45) is 0 Å². The van der Waals surface area contributed by atoms with Crippen LogP contribution < -0.4 is 10.6 Å². The number of ketones is 1. The van der Waals surface area contributed by atoms with Crippen molar-refractivity contribution in [3.8, 4) is 0 Å². The van der Waals surface area contributed by atoms with Crippen molar-refractivity contribution < 1.29 is 9.59 Å². The van der Waals surface area contributed by atoms with E-state index in [0.717, 1.165) is 29.7 Å². The summed E-state index contributed by atoms with van der Waals surface area (Å²) < 4.78 is 0. The van der Waals surface area contributed by atoms with E-state index < -0.39 is 0 Å². The lowest BCUT2D eigenvalue weighted by molar-refractivity contribution is 0.0972. The number of benzene rings is 1. The van der Waals surface area contributed by atoms with Gasteiger partial charge in [-0.15, -0.1) is 0 Å². The standard InChI is InChI=1S/C12H14N2O2/c1-13-12(16)14-9-5-6-10-8(7-9)3-2-4-11(10)15/h5-7H,2-4H2,1H3,(H2,13,14,16). The summed E-state index contributed by atoms with van der Waals surface area (Å²) in [5, 5.41) is 5.18. The number of hydrogen-bond acceptors (Lipinski definition) is 2. The summed E-state index contributed by atoms with van der Waals surface area (Å²) in [6.45, 7) is 0. The molecular weight excluding hydrogens is 204 g/mol. The van der Waals surface area contributed by atoms with Crippen LogP contribution in [0, 0.1) is 0 Å². The molecule has 1 aromatic rings. The molecule has 0 spiro atoms. The number of rotatable bonds is 1. The number of hydrogen-bond donors (Lipinski definition) is 2. The lowest BCUT2D eigenvalue weighted by atomic mass is 9.90. The number of Topliss-reactive ketones (excluding diaryl/α,β-unsaturated/α-hetero) is 1. The molecule has 16 heavy (non-hydrogen) atoms. The third kappa shape index (κ3) is 2.05. The van der Waals surface area contributed by atoms with Crippen LogP contribution in [0.5, 0.6) is 0 Å². The van der Waals surface area contributed by atoms with Crippen LogP contribution in [0.4, 0.5) is 10.5 Å². The molecule has 1 aliphatic carbocycles. The van der Waals surface area contributed by atoms with Gasteiger partial charge in [-0.25, -0.2) is 4.79 Å². The molecule has 0 unspecified atom stereocenters. The minimum absolute atomic E-state index is 0.202. The van der Waals surface area contributed by atoms with E-state index in [-0.39, 0.29) is 11.8 Å². The second kappa shape index (κ2) is 4.35. The highest BCUT2D eigenvalue weighted by molar-refractivity contribution is 5.99. The van der Waals surface area contributed by atoms with Crippen LogP contribution >= 0.6 is 0 Å². The predicted octanol–water partition coefficient (Wildman–Crippen LogP) is 1.96. The molecule has 0 bridgehead atoms. The van der Waals surface area contributed by atoms with Crippen molar-refractivity contribution in [2.75, 3.05) is 12.4 Å². The summed E-state index contributed by atoms with van der Waals surface area (Å²) in [5.41, 5.74) is 2.56. The van der Waals surface area contributed by atoms with Crippen LogP contribution in [0.25, 0.3) is 0 Å². The van der Waals surface area contributed by atoms with E-state index >= 15 is 0 Å². The Bertz CT molecular complexity index is 441. The van der Waals surface area contributed by atoms with Crippen molar-refractivity contribution >= 4 is 17.5 Å². The van der Waals surface area contributed by atoms with Gasteiger partial charge in [0.05, 0.1) is 0 Å². The van der Waals surface area contributed by atoms with E-state index in [0.29, 0.717) is 6.42 Å². The van der Waals surface area contributed by atoms with E-state index in [2.05, 4.69) is 10.6 Å². The first-order chi connectivity index (χ1) is 7.70. The molecule has 0 heterocycles. The second-order valence-corrected chi connectivity index (χ2v) is 3.85. The number of carbonyl (C=O) groups is 2. The van der Waals surface area contributed by atoms with E-state index in [1.54, 1.807) is 19.2 Å². The van der Waals surface area contributed by atoms with Crippen LogP contribution in [-0.2, 0) is 6.42 Å². The number of nitrogens with one attached hydrogen (secondary N) is 2. The fourth-order valence-corrected chi connectivity index (χ4v) is 1.92. The molecule has 0 aliphatic heterocycles. The van der Waals surface area contributed by atoms with Crippen LogP contribution in [0.1, 0.15) is 28.8 Å². The third-order valence-corrected chi connectivity index (χ3v) is 2.74. The van der Waals surface area contributed by atoms with E-state index in [9.17, 15) is 9.59 Å². The molecule has 1 aromatic carbocycles. The van der Waals surface area contributed by atoms with Gasteiger partial charge in [0.15, 0.2) is 5.78 Å². The smallest absolute Gasteiger partial charge is 0.318 e. The topological polar surface area (TPSA) is 58.2 Å². The van der Waals surface area contributed by atoms with Crippen molar-refractivity contribution in [2.45, 2.75) is 19.3 Å². The molecular formula is C12H14N2O2. The summed E-state index contributed by atoms with van der Waals surface area (Å²) in [4.78, 5) is 22.7. The van der Waals surface area contributed by atoms with Gasteiger partial charge in [-0.2, -0.15) is 0 Å². The normalized spacial score (nSPS) is 14.2. The minimum atomic E-state index is -0.248. The average Bonchev–Trinajstić information content (AvgIpc) is 2.29. The fraction of sp³-hybridized carbons (Fsp3) is 0.333. The summed E-state index contributed by atoms with van der Waals surface area (Å²) in [6.07, 6.45) is 2.44. The number of anilines is 1. The zero-order valence-electron chi connectivity index (χ0n) is 9.17. The summed E-state index contributed by atoms with van der Waals surface area (Å²) in [5.74, 6) is 0.202. The highest BCUT2D eigenvalue weighted by Gasteiger charge is 2.17. The van der Waals surface area contributed by atoms with Gasteiger partial charge in [-0.1, -0.05) is 0 Å².